The summed E-state index contributed by atoms with van der Waals surface area (Å²) in [5.74, 6) is -4.22. The number of aryl methyl sites for hydroxylation is 1. The zero-order valence-electron chi connectivity index (χ0n) is 19.0. The van der Waals surface area contributed by atoms with Crippen molar-refractivity contribution in [1.29, 1.82) is 5.26 Å². The molecule has 0 radical (unpaired) electrons. The lowest BCUT2D eigenvalue weighted by Gasteiger charge is -2.19. The van der Waals surface area contributed by atoms with Crippen molar-refractivity contribution >= 4 is 11.4 Å². The van der Waals surface area contributed by atoms with E-state index in [9.17, 15) is 28.3 Å². The largest absolute Gasteiger partial charge is 0.494 e. The third-order valence-electron chi connectivity index (χ3n) is 5.36. The third-order valence-corrected chi connectivity index (χ3v) is 5.36. The van der Waals surface area contributed by atoms with Crippen LogP contribution in [0.15, 0.2) is 53.7 Å². The molecule has 12 heteroatoms. The first kappa shape index (κ1) is 24.5. The van der Waals surface area contributed by atoms with E-state index in [0.29, 0.717) is 33.9 Å². The molecule has 0 amide bonds. The Morgan fingerprint density at radius 1 is 1.19 bits per heavy atom. The minimum atomic E-state index is -1.69. The van der Waals surface area contributed by atoms with Gasteiger partial charge in [0.05, 0.1) is 31.4 Å². The molecule has 9 nitrogen and oxygen atoms in total. The van der Waals surface area contributed by atoms with Crippen molar-refractivity contribution in [3.05, 3.63) is 93.7 Å². The predicted molar refractivity (Wildman–Crippen MR) is 123 cm³/mol. The van der Waals surface area contributed by atoms with Crippen LogP contribution in [-0.4, -0.2) is 38.2 Å². The average molecular weight is 496 g/mol. The van der Waals surface area contributed by atoms with Crippen molar-refractivity contribution < 1.29 is 23.0 Å². The van der Waals surface area contributed by atoms with Gasteiger partial charge in [0.2, 0.25) is 0 Å². The summed E-state index contributed by atoms with van der Waals surface area (Å²) in [5.41, 5.74) is 0.560. The van der Waals surface area contributed by atoms with Crippen LogP contribution in [-0.2, 0) is 0 Å². The minimum Gasteiger partial charge on any atom is -0.494 e. The van der Waals surface area contributed by atoms with Crippen molar-refractivity contribution in [3.8, 4) is 17.5 Å². The Bertz CT molecular complexity index is 1520. The molecular weight excluding hydrogens is 477 g/mol. The van der Waals surface area contributed by atoms with Crippen LogP contribution in [0, 0.1) is 35.7 Å². The van der Waals surface area contributed by atoms with Crippen LogP contribution < -0.4 is 15.6 Å². The van der Waals surface area contributed by atoms with E-state index < -0.39 is 35.7 Å². The monoisotopic (exact) mass is 496 g/mol. The summed E-state index contributed by atoms with van der Waals surface area (Å²) in [4.78, 5) is 17.4. The van der Waals surface area contributed by atoms with E-state index in [-0.39, 0.29) is 16.9 Å². The number of ether oxygens (including phenoxy) is 1. The second kappa shape index (κ2) is 9.93. The number of hydrogen-bond acceptors (Lipinski definition) is 7. The van der Waals surface area contributed by atoms with Gasteiger partial charge in [-0.3, -0.25) is 4.79 Å². The minimum absolute atomic E-state index is 0.101. The molecule has 36 heavy (non-hydrogen) atoms. The number of nitrogens with zero attached hydrogens (tertiary/aromatic N) is 5. The molecule has 0 aliphatic heterocycles. The number of halogens is 3. The number of methoxy groups -OCH3 is 1. The number of benzene rings is 2. The zero-order chi connectivity index (χ0) is 26.0. The lowest BCUT2D eigenvalue weighted by atomic mass is 10.1. The molecule has 1 atom stereocenters. The van der Waals surface area contributed by atoms with Crippen molar-refractivity contribution in [2.75, 3.05) is 19.0 Å². The molecule has 0 bridgehead atoms. The molecule has 0 saturated carbocycles. The number of hydrogen-bond donors (Lipinski definition) is 2. The Labute approximate surface area is 202 Å². The first-order chi connectivity index (χ1) is 17.2. The molecule has 0 aliphatic carbocycles. The number of aliphatic hydroxyl groups is 1. The van der Waals surface area contributed by atoms with Crippen molar-refractivity contribution in [3.63, 3.8) is 0 Å². The predicted octanol–water partition coefficient (Wildman–Crippen LogP) is 3.36. The van der Waals surface area contributed by atoms with E-state index in [1.54, 1.807) is 35.2 Å². The molecule has 2 aromatic heterocycles. The summed E-state index contributed by atoms with van der Waals surface area (Å²) >= 11 is 0. The number of imidazole rings is 1. The second-order valence-electron chi connectivity index (χ2n) is 7.74. The summed E-state index contributed by atoms with van der Waals surface area (Å²) in [6.45, 7) is 1.03. The number of rotatable bonds is 7. The van der Waals surface area contributed by atoms with Gasteiger partial charge in [-0.25, -0.2) is 22.8 Å². The SMILES string of the molecule is COc1cc(Nc2cc(C#N)nn(C(CO)c3cc(F)c(F)c(F)c3)c2=O)ccc1-n1cnc(C)c1. The van der Waals surface area contributed by atoms with Gasteiger partial charge >= 0.3 is 0 Å². The van der Waals surface area contributed by atoms with Gasteiger partial charge < -0.3 is 19.7 Å². The standard InChI is InChI=1S/C24H19F3N6O3/c1-13-10-32(12-29-13)20-4-3-15(8-22(20)36-2)30-19-7-16(9-28)31-33(24(19)35)21(11-34)14-5-17(25)23(27)18(26)6-14/h3-8,10,12,21,30,34H,11H2,1-2H3. The molecule has 0 fully saturated rings. The summed E-state index contributed by atoms with van der Waals surface area (Å²) in [5, 5.41) is 26.1. The maximum atomic E-state index is 13.8. The van der Waals surface area contributed by atoms with Crippen LogP contribution in [0.4, 0.5) is 24.5 Å². The fraction of sp³-hybridized carbons (Fsp3) is 0.167. The molecule has 0 spiro atoms. The summed E-state index contributed by atoms with van der Waals surface area (Å²) in [6.07, 6.45) is 3.43. The smallest absolute Gasteiger partial charge is 0.291 e. The number of anilines is 2. The van der Waals surface area contributed by atoms with E-state index in [2.05, 4.69) is 15.4 Å². The van der Waals surface area contributed by atoms with Crippen molar-refractivity contribution in [2.24, 2.45) is 0 Å². The maximum absolute atomic E-state index is 13.8. The van der Waals surface area contributed by atoms with Crippen LogP contribution >= 0.6 is 0 Å². The van der Waals surface area contributed by atoms with E-state index in [0.717, 1.165) is 5.69 Å². The van der Waals surface area contributed by atoms with Crippen LogP contribution in [0.25, 0.3) is 5.69 Å². The number of nitriles is 1. The van der Waals surface area contributed by atoms with Gasteiger partial charge in [0.1, 0.15) is 23.5 Å². The normalized spacial score (nSPS) is 11.7. The lowest BCUT2D eigenvalue weighted by molar-refractivity contribution is 0.236. The zero-order valence-corrected chi connectivity index (χ0v) is 19.0. The fourth-order valence-electron chi connectivity index (χ4n) is 3.64. The van der Waals surface area contributed by atoms with E-state index >= 15 is 0 Å². The van der Waals surface area contributed by atoms with Gasteiger partial charge in [0, 0.05) is 24.0 Å². The first-order valence-corrected chi connectivity index (χ1v) is 10.5. The van der Waals surface area contributed by atoms with Crippen LogP contribution in [0.2, 0.25) is 0 Å². The number of nitrogens with one attached hydrogen (secondary N) is 1. The molecule has 1 unspecified atom stereocenters. The average Bonchev–Trinajstić information content (AvgIpc) is 3.30. The highest BCUT2D eigenvalue weighted by Gasteiger charge is 2.22. The van der Waals surface area contributed by atoms with Gasteiger partial charge in [0.25, 0.3) is 5.56 Å². The first-order valence-electron chi connectivity index (χ1n) is 10.5. The highest BCUT2D eigenvalue weighted by atomic mass is 19.2. The van der Waals surface area contributed by atoms with Gasteiger partial charge in [-0.1, -0.05) is 0 Å². The van der Waals surface area contributed by atoms with Gasteiger partial charge in [-0.05, 0) is 36.8 Å². The molecule has 4 aromatic rings. The molecule has 4 rings (SSSR count). The Morgan fingerprint density at radius 2 is 1.92 bits per heavy atom. The van der Waals surface area contributed by atoms with Crippen molar-refractivity contribution in [2.45, 2.75) is 13.0 Å². The van der Waals surface area contributed by atoms with Crippen LogP contribution in [0.3, 0.4) is 0 Å². The molecule has 184 valence electrons. The van der Waals surface area contributed by atoms with Gasteiger partial charge in [0.15, 0.2) is 23.1 Å². The summed E-state index contributed by atoms with van der Waals surface area (Å²) in [6, 6.07) is 7.93. The van der Waals surface area contributed by atoms with Crippen LogP contribution in [0.5, 0.6) is 5.75 Å². The molecular formula is C24H19F3N6O3. The van der Waals surface area contributed by atoms with Crippen molar-refractivity contribution in [1.82, 2.24) is 19.3 Å². The van der Waals surface area contributed by atoms with Crippen LogP contribution in [0.1, 0.15) is 23.0 Å². The Kier molecular flexibility index (Phi) is 6.75. The Balaban J connectivity index is 1.76. The van der Waals surface area contributed by atoms with E-state index in [1.807, 2.05) is 13.1 Å². The lowest BCUT2D eigenvalue weighted by Crippen LogP contribution is -2.32. The van der Waals surface area contributed by atoms with Gasteiger partial charge in [-0.2, -0.15) is 10.4 Å². The fourth-order valence-corrected chi connectivity index (χ4v) is 3.64. The second-order valence-corrected chi connectivity index (χ2v) is 7.74. The maximum Gasteiger partial charge on any atom is 0.291 e. The highest BCUT2D eigenvalue weighted by molar-refractivity contribution is 5.65. The Hall–Kier alpha value is -4.63. The summed E-state index contributed by atoms with van der Waals surface area (Å²) in [7, 11) is 1.48. The summed E-state index contributed by atoms with van der Waals surface area (Å²) < 4.78 is 49.0. The number of aliphatic hydroxyl groups excluding tert-OH is 1. The van der Waals surface area contributed by atoms with E-state index in [4.69, 9.17) is 4.74 Å². The molecule has 0 aliphatic rings. The quantitative estimate of drug-likeness (QED) is 0.377. The topological polar surface area (TPSA) is 118 Å². The number of aromatic nitrogens is 4. The molecule has 0 saturated heterocycles. The molecule has 2 heterocycles. The Morgan fingerprint density at radius 3 is 2.50 bits per heavy atom. The third kappa shape index (κ3) is 4.64. The van der Waals surface area contributed by atoms with E-state index in [1.165, 1.54) is 13.2 Å². The van der Waals surface area contributed by atoms with Gasteiger partial charge in [-0.15, -0.1) is 0 Å². The highest BCUT2D eigenvalue weighted by Crippen LogP contribution is 2.28. The molecule has 2 aromatic carbocycles. The molecule has 2 N–H and O–H groups in total.